The summed E-state index contributed by atoms with van der Waals surface area (Å²) < 4.78 is 5.80. The molecule has 3 aliphatic heterocycles. The third kappa shape index (κ3) is 1.50. The highest BCUT2D eigenvalue weighted by Gasteiger charge is 2.72. The van der Waals surface area contributed by atoms with E-state index >= 15 is 0 Å². The second-order valence-electron chi connectivity index (χ2n) is 6.50. The van der Waals surface area contributed by atoms with Gasteiger partial charge >= 0.3 is 0 Å². The van der Waals surface area contributed by atoms with Gasteiger partial charge in [0.25, 0.3) is 0 Å². The molecule has 2 fully saturated rings. The average Bonchev–Trinajstić information content (AvgIpc) is 3.12. The first-order valence-electron chi connectivity index (χ1n) is 7.51. The van der Waals surface area contributed by atoms with Crippen LogP contribution in [0.15, 0.2) is 22.5 Å². The van der Waals surface area contributed by atoms with Gasteiger partial charge in [-0.05, 0) is 6.92 Å². The first kappa shape index (κ1) is 14.4. The third-order valence-electron chi connectivity index (χ3n) is 5.49. The van der Waals surface area contributed by atoms with Gasteiger partial charge in [-0.15, -0.1) is 0 Å². The Morgan fingerprint density at radius 3 is 2.74 bits per heavy atom. The van der Waals surface area contributed by atoms with Gasteiger partial charge in [0.1, 0.15) is 0 Å². The number of primary amides is 1. The molecule has 5 N–H and O–H groups in total. The van der Waals surface area contributed by atoms with E-state index < -0.39 is 23.3 Å². The predicted octanol–water partition coefficient (Wildman–Crippen LogP) is -1.87. The van der Waals surface area contributed by atoms with Gasteiger partial charge in [0.05, 0.1) is 17.4 Å². The fourth-order valence-electron chi connectivity index (χ4n) is 4.39. The first-order valence-corrected chi connectivity index (χ1v) is 7.51. The number of ether oxygens (including phenoxy) is 1. The summed E-state index contributed by atoms with van der Waals surface area (Å²) >= 11 is 0. The van der Waals surface area contributed by atoms with Crippen LogP contribution in [0.4, 0.5) is 0 Å². The van der Waals surface area contributed by atoms with Crippen molar-refractivity contribution in [1.82, 2.24) is 10.2 Å². The molecule has 3 heterocycles. The van der Waals surface area contributed by atoms with Gasteiger partial charge in [-0.1, -0.05) is 0 Å². The summed E-state index contributed by atoms with van der Waals surface area (Å²) in [6.07, 6.45) is -0.0700. The highest BCUT2D eigenvalue weighted by Crippen LogP contribution is 2.56. The fraction of sp³-hybridized carbons (Fsp3) is 0.533. The van der Waals surface area contributed by atoms with Crippen molar-refractivity contribution in [3.05, 3.63) is 22.5 Å². The largest absolute Gasteiger partial charge is 0.395 e. The Hall–Kier alpha value is -2.19. The van der Waals surface area contributed by atoms with E-state index in [-0.39, 0.29) is 41.1 Å². The number of nitrogens with two attached hydrogens (primary N) is 2. The molecular weight excluding hydrogens is 300 g/mol. The smallest absolute Gasteiger partial charge is 0.218 e. The number of amides is 1. The molecule has 0 radical (unpaired) electrons. The van der Waals surface area contributed by atoms with E-state index in [0.717, 1.165) is 0 Å². The number of carbonyl (C=O) groups excluding carboxylic acids is 3. The topological polar surface area (TPSA) is 138 Å². The van der Waals surface area contributed by atoms with Gasteiger partial charge in [-0.25, -0.2) is 0 Å². The number of Topliss-reactive ketones (excluding diaryl/α,β-unsaturated/α-hetero) is 2. The van der Waals surface area contributed by atoms with Crippen LogP contribution in [0.2, 0.25) is 0 Å². The van der Waals surface area contributed by atoms with Gasteiger partial charge in [-0.3, -0.25) is 14.4 Å². The number of ketones is 2. The number of carbonyl (C=O) groups is 3. The molecule has 0 saturated carbocycles. The quantitative estimate of drug-likeness (QED) is 0.409. The van der Waals surface area contributed by atoms with Crippen molar-refractivity contribution >= 4 is 17.5 Å². The molecule has 0 aromatic carbocycles. The minimum atomic E-state index is -0.930. The van der Waals surface area contributed by atoms with Gasteiger partial charge in [0, 0.05) is 43.2 Å². The van der Waals surface area contributed by atoms with Crippen molar-refractivity contribution in [1.29, 1.82) is 0 Å². The summed E-state index contributed by atoms with van der Waals surface area (Å²) in [5.74, 6) is -1.82. The van der Waals surface area contributed by atoms with Crippen LogP contribution in [0.3, 0.4) is 0 Å². The van der Waals surface area contributed by atoms with Gasteiger partial charge < -0.3 is 26.4 Å². The van der Waals surface area contributed by atoms with Crippen LogP contribution in [0.25, 0.3) is 0 Å². The average molecular weight is 318 g/mol. The second kappa shape index (κ2) is 4.21. The van der Waals surface area contributed by atoms with E-state index in [1.54, 1.807) is 6.92 Å². The number of hydrogen-bond donors (Lipinski definition) is 3. The van der Waals surface area contributed by atoms with Crippen LogP contribution in [0.5, 0.6) is 0 Å². The van der Waals surface area contributed by atoms with Crippen molar-refractivity contribution < 1.29 is 19.1 Å². The fourth-order valence-corrected chi connectivity index (χ4v) is 4.39. The van der Waals surface area contributed by atoms with Gasteiger partial charge in [0.2, 0.25) is 17.5 Å². The molecular formula is C15H18N4O4. The van der Waals surface area contributed by atoms with Crippen LogP contribution >= 0.6 is 0 Å². The van der Waals surface area contributed by atoms with Crippen molar-refractivity contribution in [3.8, 4) is 0 Å². The Balaban J connectivity index is 1.91. The molecule has 8 heteroatoms. The first-order chi connectivity index (χ1) is 10.8. The number of fused-ring (bicyclic) bond motifs is 4. The van der Waals surface area contributed by atoms with Gasteiger partial charge in [-0.2, -0.15) is 0 Å². The third-order valence-corrected chi connectivity index (χ3v) is 5.49. The number of methoxy groups -OCH3 is 1. The Morgan fingerprint density at radius 2 is 2.13 bits per heavy atom. The van der Waals surface area contributed by atoms with E-state index in [4.69, 9.17) is 16.2 Å². The van der Waals surface area contributed by atoms with E-state index in [1.165, 1.54) is 7.11 Å². The van der Waals surface area contributed by atoms with Crippen LogP contribution in [0.1, 0.15) is 13.3 Å². The number of nitrogens with one attached hydrogen (secondary N) is 1. The number of hydrogen-bond acceptors (Lipinski definition) is 7. The molecule has 4 atom stereocenters. The molecule has 0 bridgehead atoms. The highest BCUT2D eigenvalue weighted by atomic mass is 16.5. The molecule has 8 nitrogen and oxygen atoms in total. The minimum Gasteiger partial charge on any atom is -0.395 e. The molecule has 1 amide bonds. The second-order valence-corrected chi connectivity index (χ2v) is 6.50. The molecule has 1 aliphatic carbocycles. The molecule has 0 spiro atoms. The molecule has 2 saturated heterocycles. The van der Waals surface area contributed by atoms with Crippen LogP contribution in [-0.4, -0.2) is 53.8 Å². The summed E-state index contributed by atoms with van der Waals surface area (Å²) in [6, 6.07) is 0.149. The lowest BCUT2D eigenvalue weighted by Gasteiger charge is -2.39. The van der Waals surface area contributed by atoms with E-state index in [0.29, 0.717) is 12.2 Å². The number of rotatable bonds is 3. The van der Waals surface area contributed by atoms with Crippen LogP contribution in [0, 0.1) is 5.92 Å². The van der Waals surface area contributed by atoms with Crippen LogP contribution in [-0.2, 0) is 19.1 Å². The summed E-state index contributed by atoms with van der Waals surface area (Å²) in [6.45, 7) is 2.10. The van der Waals surface area contributed by atoms with Crippen LogP contribution < -0.4 is 16.8 Å². The predicted molar refractivity (Wildman–Crippen MR) is 78.4 cm³/mol. The van der Waals surface area contributed by atoms with Crippen molar-refractivity contribution in [2.75, 3.05) is 13.7 Å². The molecule has 0 aromatic heterocycles. The monoisotopic (exact) mass is 318 g/mol. The zero-order valence-electron chi connectivity index (χ0n) is 12.9. The molecule has 122 valence electrons. The standard InChI is InChI=1S/C15H18N4O4/c1-5-10(17)13(22)9-6(3-8(16)20)15(23-2)14-7(18-14)4-19(15)11(9)12(5)21/h6-7,14,18H,3-4,17H2,1-2H3,(H2,16,20). The Kier molecular flexibility index (Phi) is 2.64. The van der Waals surface area contributed by atoms with Gasteiger partial charge in [0.15, 0.2) is 5.72 Å². The van der Waals surface area contributed by atoms with Crippen molar-refractivity contribution in [2.45, 2.75) is 31.2 Å². The Bertz CT molecular complexity index is 740. The maximum absolute atomic E-state index is 12.7. The molecule has 4 aliphatic rings. The zero-order valence-corrected chi connectivity index (χ0v) is 12.9. The molecule has 23 heavy (non-hydrogen) atoms. The molecule has 4 rings (SSSR count). The number of allylic oxidation sites excluding steroid dienone is 2. The maximum atomic E-state index is 12.7. The Labute approximate surface area is 132 Å². The lowest BCUT2D eigenvalue weighted by Crippen LogP contribution is -2.54. The lowest BCUT2D eigenvalue weighted by molar-refractivity contribution is -0.138. The van der Waals surface area contributed by atoms with E-state index in [2.05, 4.69) is 5.32 Å². The lowest BCUT2D eigenvalue weighted by atomic mass is 9.80. The molecule has 0 aromatic rings. The number of piperazine rings is 1. The summed E-state index contributed by atoms with van der Waals surface area (Å²) in [5.41, 5.74) is 11.1. The SMILES string of the molecule is COC12C(CC(N)=O)C3=C(C(=O)C(C)=C(N)C3=O)N1CC1NC12. The van der Waals surface area contributed by atoms with E-state index in [1.807, 2.05) is 4.90 Å². The normalized spacial score (nSPS) is 38.0. The maximum Gasteiger partial charge on any atom is 0.218 e. The summed E-state index contributed by atoms with van der Waals surface area (Å²) in [4.78, 5) is 38.9. The minimum absolute atomic E-state index is 0.0374. The summed E-state index contributed by atoms with van der Waals surface area (Å²) in [7, 11) is 1.53. The summed E-state index contributed by atoms with van der Waals surface area (Å²) in [5, 5.41) is 3.28. The van der Waals surface area contributed by atoms with Crippen molar-refractivity contribution in [2.24, 2.45) is 17.4 Å². The zero-order chi connectivity index (χ0) is 16.7. The van der Waals surface area contributed by atoms with Crippen molar-refractivity contribution in [3.63, 3.8) is 0 Å². The molecule has 4 unspecified atom stereocenters. The highest BCUT2D eigenvalue weighted by molar-refractivity contribution is 6.25. The van der Waals surface area contributed by atoms with E-state index in [9.17, 15) is 14.4 Å². The Morgan fingerprint density at radius 1 is 1.43 bits per heavy atom. The number of nitrogens with zero attached hydrogens (tertiary/aromatic N) is 1.